The van der Waals surface area contributed by atoms with Gasteiger partial charge in [0.2, 0.25) is 5.82 Å². The van der Waals surface area contributed by atoms with Gasteiger partial charge in [-0.2, -0.15) is 5.10 Å². The van der Waals surface area contributed by atoms with Crippen molar-refractivity contribution < 1.29 is 9.66 Å². The van der Waals surface area contributed by atoms with E-state index in [9.17, 15) is 10.1 Å². The van der Waals surface area contributed by atoms with E-state index in [2.05, 4.69) is 10.4 Å². The predicted octanol–water partition coefficient (Wildman–Crippen LogP) is 4.10. The van der Waals surface area contributed by atoms with Crippen LogP contribution >= 0.6 is 23.2 Å². The fraction of sp³-hybridized carbons (Fsp3) is 0.471. The van der Waals surface area contributed by atoms with Gasteiger partial charge in [0.05, 0.1) is 4.92 Å². The van der Waals surface area contributed by atoms with Crippen molar-refractivity contribution in [2.45, 2.75) is 25.2 Å². The molecule has 1 aromatic carbocycles. The van der Waals surface area contributed by atoms with Gasteiger partial charge in [-0.3, -0.25) is 10.1 Å². The zero-order valence-corrected chi connectivity index (χ0v) is 16.1. The Morgan fingerprint density at radius 2 is 2.08 bits per heavy atom. The molecule has 140 valence electrons. The number of halogens is 2. The van der Waals surface area contributed by atoms with Gasteiger partial charge in [0.25, 0.3) is 0 Å². The molecule has 0 bridgehead atoms. The van der Waals surface area contributed by atoms with Crippen LogP contribution in [0.25, 0.3) is 0 Å². The minimum absolute atomic E-state index is 0.00286. The van der Waals surface area contributed by atoms with Gasteiger partial charge < -0.3 is 10.1 Å². The fourth-order valence-corrected chi connectivity index (χ4v) is 4.15. The average Bonchev–Trinajstić information content (AvgIpc) is 2.87. The number of aryl methyl sites for hydroxylation is 2. The molecule has 1 aliphatic heterocycles. The van der Waals surface area contributed by atoms with Crippen LogP contribution in [0.1, 0.15) is 24.1 Å². The highest BCUT2D eigenvalue weighted by Crippen LogP contribution is 2.40. The van der Waals surface area contributed by atoms with Crippen molar-refractivity contribution in [3.63, 3.8) is 0 Å². The highest BCUT2D eigenvalue weighted by Gasteiger charge is 2.37. The molecular weight excluding hydrogens is 379 g/mol. The number of anilines is 1. The fourth-order valence-electron chi connectivity index (χ4n) is 3.54. The molecule has 0 radical (unpaired) electrons. The lowest BCUT2D eigenvalue weighted by molar-refractivity contribution is -0.384. The molecule has 26 heavy (non-hydrogen) atoms. The van der Waals surface area contributed by atoms with E-state index >= 15 is 0 Å². The van der Waals surface area contributed by atoms with Crippen molar-refractivity contribution >= 4 is 34.7 Å². The molecule has 9 heteroatoms. The van der Waals surface area contributed by atoms with Crippen LogP contribution in [-0.2, 0) is 17.2 Å². The summed E-state index contributed by atoms with van der Waals surface area (Å²) in [7, 11) is 1.69. The van der Waals surface area contributed by atoms with Crippen LogP contribution in [0.5, 0.6) is 0 Å². The minimum atomic E-state index is -0.406. The normalized spacial score (nSPS) is 16.5. The van der Waals surface area contributed by atoms with E-state index in [-0.39, 0.29) is 11.1 Å². The Bertz CT molecular complexity index is 832. The lowest BCUT2D eigenvalue weighted by Crippen LogP contribution is -2.40. The Labute approximate surface area is 161 Å². The van der Waals surface area contributed by atoms with Gasteiger partial charge in [0, 0.05) is 42.3 Å². The second kappa shape index (κ2) is 7.42. The second-order valence-electron chi connectivity index (χ2n) is 6.53. The van der Waals surface area contributed by atoms with E-state index in [4.69, 9.17) is 27.9 Å². The van der Waals surface area contributed by atoms with Gasteiger partial charge in [-0.05, 0) is 37.5 Å². The molecule has 3 rings (SSSR count). The van der Waals surface area contributed by atoms with Crippen molar-refractivity contribution in [3.8, 4) is 0 Å². The molecule has 1 aromatic heterocycles. The number of ether oxygens (including phenoxy) is 1. The first-order chi connectivity index (χ1) is 12.3. The van der Waals surface area contributed by atoms with Gasteiger partial charge in [-0.15, -0.1) is 0 Å². The average molecular weight is 399 g/mol. The Morgan fingerprint density at radius 3 is 2.69 bits per heavy atom. The Kier molecular flexibility index (Phi) is 5.41. The first kappa shape index (κ1) is 18.9. The number of hydrogen-bond acceptors (Lipinski definition) is 5. The summed E-state index contributed by atoms with van der Waals surface area (Å²) in [4.78, 5) is 11.0. The number of rotatable bonds is 5. The minimum Gasteiger partial charge on any atom is -0.381 e. The third kappa shape index (κ3) is 3.51. The summed E-state index contributed by atoms with van der Waals surface area (Å²) in [6.07, 6.45) is 1.51. The topological polar surface area (TPSA) is 82.2 Å². The molecule has 0 aliphatic carbocycles. The molecule has 1 aliphatic rings. The molecule has 1 fully saturated rings. The zero-order valence-electron chi connectivity index (χ0n) is 14.6. The van der Waals surface area contributed by atoms with Crippen molar-refractivity contribution in [2.24, 2.45) is 7.05 Å². The van der Waals surface area contributed by atoms with Gasteiger partial charge in [0.1, 0.15) is 5.69 Å². The monoisotopic (exact) mass is 398 g/mol. The summed E-state index contributed by atoms with van der Waals surface area (Å²) in [6.45, 7) is 3.32. The van der Waals surface area contributed by atoms with Crippen LogP contribution in [0.15, 0.2) is 18.2 Å². The van der Waals surface area contributed by atoms with E-state index in [1.165, 1.54) is 4.68 Å². The summed E-state index contributed by atoms with van der Waals surface area (Å²) in [5, 5.41) is 20.0. The van der Waals surface area contributed by atoms with E-state index < -0.39 is 4.92 Å². The number of nitrogens with zero attached hydrogens (tertiary/aromatic N) is 3. The summed E-state index contributed by atoms with van der Waals surface area (Å²) in [5.74, 6) is 0.392. The standard InChI is InChI=1S/C17H20Cl2N4O3/c1-11-15(23(24)25)16(22(2)21-11)20-10-17(5-7-26-8-6-17)13-4-3-12(18)9-14(13)19/h3-4,9,20H,5-8,10H2,1-2H3. The largest absolute Gasteiger partial charge is 0.381 e. The van der Waals surface area contributed by atoms with Gasteiger partial charge in [-0.1, -0.05) is 29.3 Å². The van der Waals surface area contributed by atoms with Gasteiger partial charge >= 0.3 is 5.69 Å². The van der Waals surface area contributed by atoms with Crippen LogP contribution in [0, 0.1) is 17.0 Å². The smallest absolute Gasteiger partial charge is 0.333 e. The number of nitrogens with one attached hydrogen (secondary N) is 1. The molecular formula is C17H20Cl2N4O3. The maximum absolute atomic E-state index is 11.4. The Hall–Kier alpha value is -1.83. The first-order valence-corrected chi connectivity index (χ1v) is 9.05. The van der Waals surface area contributed by atoms with E-state index in [0.717, 1.165) is 18.4 Å². The van der Waals surface area contributed by atoms with Crippen LogP contribution in [0.3, 0.4) is 0 Å². The van der Waals surface area contributed by atoms with Crippen LogP contribution < -0.4 is 5.32 Å². The lowest BCUT2D eigenvalue weighted by Gasteiger charge is -2.38. The van der Waals surface area contributed by atoms with Crippen LogP contribution in [-0.4, -0.2) is 34.5 Å². The van der Waals surface area contributed by atoms with Crippen LogP contribution in [0.2, 0.25) is 10.0 Å². The predicted molar refractivity (Wildman–Crippen MR) is 101 cm³/mol. The van der Waals surface area contributed by atoms with Crippen LogP contribution in [0.4, 0.5) is 11.5 Å². The second-order valence-corrected chi connectivity index (χ2v) is 7.38. The van der Waals surface area contributed by atoms with Crippen molar-refractivity contribution in [1.82, 2.24) is 9.78 Å². The summed E-state index contributed by atoms with van der Waals surface area (Å²) >= 11 is 12.5. The molecule has 2 aromatic rings. The SMILES string of the molecule is Cc1nn(C)c(NCC2(c3ccc(Cl)cc3Cl)CCOCC2)c1[N+](=O)[O-]. The zero-order chi connectivity index (χ0) is 18.9. The third-order valence-corrected chi connectivity index (χ3v) is 5.47. The van der Waals surface area contributed by atoms with E-state index in [1.807, 2.05) is 12.1 Å². The maximum Gasteiger partial charge on any atom is 0.333 e. The Balaban J connectivity index is 1.95. The maximum atomic E-state index is 11.4. The quantitative estimate of drug-likeness (QED) is 0.605. The molecule has 0 saturated carbocycles. The summed E-state index contributed by atoms with van der Waals surface area (Å²) < 4.78 is 7.03. The van der Waals surface area contributed by atoms with Gasteiger partial charge in [-0.25, -0.2) is 4.68 Å². The molecule has 0 amide bonds. The molecule has 7 nitrogen and oxygen atoms in total. The molecule has 1 saturated heterocycles. The lowest BCUT2D eigenvalue weighted by atomic mass is 9.74. The third-order valence-electron chi connectivity index (χ3n) is 4.92. The summed E-state index contributed by atoms with van der Waals surface area (Å²) in [6, 6.07) is 5.48. The first-order valence-electron chi connectivity index (χ1n) is 8.29. The van der Waals surface area contributed by atoms with Crippen molar-refractivity contribution in [2.75, 3.05) is 25.1 Å². The number of hydrogen-bond donors (Lipinski definition) is 1. The molecule has 1 N–H and O–H groups in total. The highest BCUT2D eigenvalue weighted by molar-refractivity contribution is 6.35. The molecule has 0 unspecified atom stereocenters. The molecule has 2 heterocycles. The molecule has 0 atom stereocenters. The van der Waals surface area contributed by atoms with E-state index in [0.29, 0.717) is 41.3 Å². The number of aromatic nitrogens is 2. The summed E-state index contributed by atoms with van der Waals surface area (Å²) in [5.41, 5.74) is 1.05. The molecule has 0 spiro atoms. The van der Waals surface area contributed by atoms with E-state index in [1.54, 1.807) is 20.0 Å². The van der Waals surface area contributed by atoms with Gasteiger partial charge in [0.15, 0.2) is 0 Å². The van der Waals surface area contributed by atoms with Crippen molar-refractivity contribution in [1.29, 1.82) is 0 Å². The Morgan fingerprint density at radius 1 is 1.38 bits per heavy atom. The number of benzene rings is 1. The van der Waals surface area contributed by atoms with Crippen molar-refractivity contribution in [3.05, 3.63) is 49.6 Å². The number of nitro groups is 1. The highest BCUT2D eigenvalue weighted by atomic mass is 35.5.